The molecule has 2 aliphatic rings. The summed E-state index contributed by atoms with van der Waals surface area (Å²) in [5, 5.41) is 7.23. The SMILES string of the molecule is Cc1cccc(CN(C(=O)C2CNCCC2NC(=O)c2cc(Cl)cc(Cl)c2)C2CC2)c1C.Cl. The molecule has 0 bridgehead atoms. The average Bonchev–Trinajstić information content (AvgIpc) is 3.59. The van der Waals surface area contributed by atoms with Crippen molar-refractivity contribution < 1.29 is 9.59 Å². The molecule has 0 radical (unpaired) electrons. The van der Waals surface area contributed by atoms with Gasteiger partial charge in [0.1, 0.15) is 0 Å². The Hall–Kier alpha value is -1.79. The van der Waals surface area contributed by atoms with E-state index in [0.717, 1.165) is 19.4 Å². The maximum absolute atomic E-state index is 13.7. The highest BCUT2D eigenvalue weighted by atomic mass is 35.5. The zero-order valence-electron chi connectivity index (χ0n) is 18.9. The summed E-state index contributed by atoms with van der Waals surface area (Å²) in [6.07, 6.45) is 2.77. The van der Waals surface area contributed by atoms with E-state index in [1.54, 1.807) is 18.2 Å². The highest BCUT2D eigenvalue weighted by Gasteiger charge is 2.40. The lowest BCUT2D eigenvalue weighted by Gasteiger charge is -2.36. The van der Waals surface area contributed by atoms with Gasteiger partial charge in [-0.05, 0) is 74.5 Å². The minimum Gasteiger partial charge on any atom is -0.348 e. The van der Waals surface area contributed by atoms with Gasteiger partial charge in [-0.1, -0.05) is 41.4 Å². The van der Waals surface area contributed by atoms with E-state index >= 15 is 0 Å². The largest absolute Gasteiger partial charge is 0.348 e. The van der Waals surface area contributed by atoms with E-state index in [4.69, 9.17) is 23.2 Å². The monoisotopic (exact) mass is 509 g/mol. The Labute approximate surface area is 211 Å². The number of benzene rings is 2. The molecule has 0 aromatic heterocycles. The molecule has 2 fully saturated rings. The van der Waals surface area contributed by atoms with Crippen molar-refractivity contribution in [1.82, 2.24) is 15.5 Å². The first-order chi connectivity index (χ1) is 15.3. The third-order valence-electron chi connectivity index (χ3n) is 6.57. The lowest BCUT2D eigenvalue weighted by molar-refractivity contribution is -0.138. The van der Waals surface area contributed by atoms with Crippen LogP contribution in [0.25, 0.3) is 0 Å². The molecule has 8 heteroatoms. The number of halogens is 3. The summed E-state index contributed by atoms with van der Waals surface area (Å²) < 4.78 is 0. The van der Waals surface area contributed by atoms with Crippen LogP contribution in [0.5, 0.6) is 0 Å². The van der Waals surface area contributed by atoms with Crippen molar-refractivity contribution in [1.29, 1.82) is 0 Å². The zero-order valence-corrected chi connectivity index (χ0v) is 21.2. The molecule has 2 atom stereocenters. The number of amides is 2. The molecule has 2 aromatic rings. The molecule has 1 saturated carbocycles. The molecule has 5 nitrogen and oxygen atoms in total. The number of carbonyl (C=O) groups is 2. The summed E-state index contributed by atoms with van der Waals surface area (Å²) in [6.45, 7) is 6.13. The zero-order chi connectivity index (χ0) is 22.8. The molecule has 2 aromatic carbocycles. The number of aryl methyl sites for hydroxylation is 1. The molecule has 4 rings (SSSR count). The molecule has 1 aliphatic carbocycles. The Bertz CT molecular complexity index is 1010. The van der Waals surface area contributed by atoms with Gasteiger partial charge in [0.2, 0.25) is 5.91 Å². The second-order valence-corrected chi connectivity index (χ2v) is 9.77. The number of carbonyl (C=O) groups excluding carboxylic acids is 2. The van der Waals surface area contributed by atoms with Gasteiger partial charge in [-0.2, -0.15) is 0 Å². The number of rotatable bonds is 6. The Morgan fingerprint density at radius 2 is 1.79 bits per heavy atom. The van der Waals surface area contributed by atoms with Gasteiger partial charge in [-0.25, -0.2) is 0 Å². The fourth-order valence-electron chi connectivity index (χ4n) is 4.38. The molecule has 1 heterocycles. The fraction of sp³-hybridized carbons (Fsp3) is 0.440. The van der Waals surface area contributed by atoms with Crippen molar-refractivity contribution in [2.45, 2.75) is 51.7 Å². The number of nitrogens with one attached hydrogen (secondary N) is 2. The van der Waals surface area contributed by atoms with Crippen LogP contribution >= 0.6 is 35.6 Å². The highest BCUT2D eigenvalue weighted by Crippen LogP contribution is 2.32. The first-order valence-electron chi connectivity index (χ1n) is 11.2. The Kier molecular flexibility index (Phi) is 8.68. The third kappa shape index (κ3) is 6.21. The van der Waals surface area contributed by atoms with E-state index in [2.05, 4.69) is 42.7 Å². The van der Waals surface area contributed by atoms with E-state index in [9.17, 15) is 9.59 Å². The number of nitrogens with zero attached hydrogens (tertiary/aromatic N) is 1. The quantitative estimate of drug-likeness (QED) is 0.579. The molecular formula is C25H30Cl3N3O2. The maximum Gasteiger partial charge on any atom is 0.251 e. The van der Waals surface area contributed by atoms with E-state index in [-0.39, 0.29) is 42.2 Å². The van der Waals surface area contributed by atoms with Crippen LogP contribution in [0.3, 0.4) is 0 Å². The van der Waals surface area contributed by atoms with Crippen molar-refractivity contribution in [3.8, 4) is 0 Å². The average molecular weight is 511 g/mol. The molecule has 33 heavy (non-hydrogen) atoms. The maximum atomic E-state index is 13.7. The topological polar surface area (TPSA) is 61.4 Å². The Morgan fingerprint density at radius 3 is 2.45 bits per heavy atom. The van der Waals surface area contributed by atoms with Gasteiger partial charge in [0.15, 0.2) is 0 Å². The van der Waals surface area contributed by atoms with Gasteiger partial charge >= 0.3 is 0 Å². The van der Waals surface area contributed by atoms with Crippen molar-refractivity contribution in [3.63, 3.8) is 0 Å². The van der Waals surface area contributed by atoms with Crippen LogP contribution < -0.4 is 10.6 Å². The number of hydrogen-bond acceptors (Lipinski definition) is 3. The molecule has 1 aliphatic heterocycles. The van der Waals surface area contributed by atoms with Crippen LogP contribution in [0, 0.1) is 19.8 Å². The predicted octanol–water partition coefficient (Wildman–Crippen LogP) is 4.93. The second-order valence-electron chi connectivity index (χ2n) is 8.89. The van der Waals surface area contributed by atoms with E-state index < -0.39 is 0 Å². The Balaban J connectivity index is 0.00000306. The van der Waals surface area contributed by atoms with Gasteiger partial charge in [0.25, 0.3) is 5.91 Å². The van der Waals surface area contributed by atoms with Gasteiger partial charge < -0.3 is 15.5 Å². The fourth-order valence-corrected chi connectivity index (χ4v) is 4.91. The molecule has 1 saturated heterocycles. The van der Waals surface area contributed by atoms with Crippen LogP contribution in [0.1, 0.15) is 46.3 Å². The van der Waals surface area contributed by atoms with Crippen molar-refractivity contribution in [3.05, 3.63) is 68.7 Å². The molecule has 178 valence electrons. The summed E-state index contributed by atoms with van der Waals surface area (Å²) in [7, 11) is 0. The highest BCUT2D eigenvalue weighted by molar-refractivity contribution is 6.35. The summed E-state index contributed by atoms with van der Waals surface area (Å²) in [5.74, 6) is -0.463. The first kappa shape index (κ1) is 25.8. The van der Waals surface area contributed by atoms with Crippen molar-refractivity contribution in [2.75, 3.05) is 13.1 Å². The lowest BCUT2D eigenvalue weighted by Crippen LogP contribution is -2.55. The second kappa shape index (κ2) is 11.1. The Morgan fingerprint density at radius 1 is 1.09 bits per heavy atom. The lowest BCUT2D eigenvalue weighted by atomic mass is 9.91. The van der Waals surface area contributed by atoms with Crippen LogP contribution in [0.15, 0.2) is 36.4 Å². The van der Waals surface area contributed by atoms with Crippen molar-refractivity contribution in [2.24, 2.45) is 5.92 Å². The predicted molar refractivity (Wildman–Crippen MR) is 135 cm³/mol. The minimum absolute atomic E-state index is 0. The van der Waals surface area contributed by atoms with Gasteiger partial charge in [0.05, 0.1) is 5.92 Å². The third-order valence-corrected chi connectivity index (χ3v) is 7.01. The van der Waals surface area contributed by atoms with Gasteiger partial charge in [-0.3, -0.25) is 9.59 Å². The standard InChI is InChI=1S/C25H29Cl2N3O2.ClH/c1-15-4-3-5-17(16(15)2)14-30(21-6-7-21)25(32)22-13-28-9-8-23(22)29-24(31)18-10-19(26)12-20(27)11-18;/h3-5,10-12,21-23,28H,6-9,13-14H2,1-2H3,(H,29,31);1H. The van der Waals surface area contributed by atoms with Gasteiger partial charge in [0, 0.05) is 40.8 Å². The van der Waals surface area contributed by atoms with Crippen LogP contribution in [0.4, 0.5) is 0 Å². The summed E-state index contributed by atoms with van der Waals surface area (Å²) in [6, 6.07) is 11.1. The molecule has 2 N–H and O–H groups in total. The number of piperidine rings is 1. The summed E-state index contributed by atoms with van der Waals surface area (Å²) >= 11 is 12.1. The normalized spacial score (nSPS) is 20.0. The molecule has 2 unspecified atom stereocenters. The smallest absolute Gasteiger partial charge is 0.251 e. The van der Waals surface area contributed by atoms with Crippen LogP contribution in [-0.2, 0) is 11.3 Å². The minimum atomic E-state index is -0.312. The first-order valence-corrected chi connectivity index (χ1v) is 11.9. The molecule has 2 amide bonds. The molecule has 0 spiro atoms. The van der Waals surface area contributed by atoms with E-state index in [1.165, 1.54) is 16.7 Å². The summed E-state index contributed by atoms with van der Waals surface area (Å²) in [4.78, 5) is 28.6. The van der Waals surface area contributed by atoms with Crippen LogP contribution in [0.2, 0.25) is 10.0 Å². The van der Waals surface area contributed by atoms with Crippen molar-refractivity contribution >= 4 is 47.4 Å². The van der Waals surface area contributed by atoms with E-state index in [1.807, 2.05) is 4.90 Å². The molecular weight excluding hydrogens is 481 g/mol. The summed E-state index contributed by atoms with van der Waals surface area (Å²) in [5.41, 5.74) is 4.05. The van der Waals surface area contributed by atoms with Crippen LogP contribution in [-0.4, -0.2) is 41.9 Å². The van der Waals surface area contributed by atoms with E-state index in [0.29, 0.717) is 35.1 Å². The van der Waals surface area contributed by atoms with Gasteiger partial charge in [-0.15, -0.1) is 12.4 Å². The number of hydrogen-bond donors (Lipinski definition) is 2.